The van der Waals surface area contributed by atoms with Gasteiger partial charge in [0.05, 0.1) is 6.61 Å². The number of aliphatic hydroxyl groups excluding tert-OH is 4. The number of aliphatic carboxylic acids is 3. The number of hydrogen-bond donors (Lipinski definition) is 9. The SMILES string of the molecule is O=C(O)C1=CC(=CC[NH+]2c3cc(O)c(O[C@H]4O[C@@H](CO)[C@H](O)[C@@H](O)[C@@H]4O)cc3C[C@@H]2C(=O)[O-])C=C(C(=O)O)N1. The third-order valence-electron chi connectivity index (χ3n) is 6.66. The number of fused-ring (bicyclic) bond motifs is 1. The molecule has 15 heteroatoms. The molecule has 1 saturated heterocycles. The highest BCUT2D eigenvalue weighted by molar-refractivity contribution is 5.94. The van der Waals surface area contributed by atoms with Gasteiger partial charge in [0.15, 0.2) is 11.5 Å². The number of allylic oxidation sites excluding steroid dienone is 3. The average Bonchev–Trinajstić information content (AvgIpc) is 3.24. The quantitative estimate of drug-likeness (QED) is 0.147. The normalized spacial score (nSPS) is 29.9. The Morgan fingerprint density at radius 2 is 1.72 bits per heavy atom. The van der Waals surface area contributed by atoms with Crippen molar-refractivity contribution in [3.05, 3.63) is 52.9 Å². The largest absolute Gasteiger partial charge is 0.544 e. The molecule has 1 fully saturated rings. The molecule has 15 nitrogen and oxygen atoms in total. The molecule has 0 radical (unpaired) electrons. The number of carbonyl (C=O) groups excluding carboxylic acids is 1. The molecule has 0 aliphatic carbocycles. The molecule has 1 unspecified atom stereocenters. The number of phenols is 1. The zero-order valence-corrected chi connectivity index (χ0v) is 20.1. The summed E-state index contributed by atoms with van der Waals surface area (Å²) in [7, 11) is 0. The minimum atomic E-state index is -1.74. The van der Waals surface area contributed by atoms with E-state index in [1.54, 1.807) is 0 Å². The molecule has 3 aliphatic heterocycles. The molecule has 3 aliphatic rings. The van der Waals surface area contributed by atoms with Crippen LogP contribution in [0.15, 0.2) is 47.3 Å². The van der Waals surface area contributed by atoms with E-state index in [1.165, 1.54) is 30.4 Å². The number of carboxylic acids is 3. The van der Waals surface area contributed by atoms with Crippen LogP contribution in [0.25, 0.3) is 0 Å². The Hall–Kier alpha value is -3.99. The van der Waals surface area contributed by atoms with Gasteiger partial charge in [-0.2, -0.15) is 0 Å². The molecular formula is C24H26N2O13. The van der Waals surface area contributed by atoms with Crippen LogP contribution < -0.4 is 20.1 Å². The molecule has 0 bridgehead atoms. The number of rotatable bonds is 8. The van der Waals surface area contributed by atoms with Crippen LogP contribution in [0.2, 0.25) is 0 Å². The number of carboxylic acid groups (broad SMARTS) is 3. The lowest BCUT2D eigenvalue weighted by Gasteiger charge is -2.39. The molecule has 1 aromatic carbocycles. The van der Waals surface area contributed by atoms with Crippen LogP contribution >= 0.6 is 0 Å². The van der Waals surface area contributed by atoms with Gasteiger partial charge in [0.1, 0.15) is 60.1 Å². The van der Waals surface area contributed by atoms with Crippen LogP contribution in [0.3, 0.4) is 0 Å². The van der Waals surface area contributed by atoms with Crippen LogP contribution in [0.4, 0.5) is 5.69 Å². The minimum absolute atomic E-state index is 0.0554. The maximum atomic E-state index is 11.9. The van der Waals surface area contributed by atoms with Crippen molar-refractivity contribution in [2.24, 2.45) is 0 Å². The summed E-state index contributed by atoms with van der Waals surface area (Å²) >= 11 is 0. The highest BCUT2D eigenvalue weighted by atomic mass is 16.7. The number of dihydropyridines is 1. The number of carbonyl (C=O) groups is 3. The standard InChI is InChI=1S/C24H26N2O13/c27-8-17-18(29)19(30)20(31)24(39-17)38-16-6-10-5-14(23(36)37)26(13(10)7-15(16)28)2-1-9-3-11(21(32)33)25-12(4-9)22(34)35/h1,3-4,6-7,14,17-20,24-25,27-31H,2,5,8H2,(H,32,33)(H,34,35)(H,36,37)/t14-,17+,18+,19-,20+,24+/m1/s1. The topological polar surface area (TPSA) is 251 Å². The zero-order chi connectivity index (χ0) is 28.6. The maximum Gasteiger partial charge on any atom is 0.352 e. The lowest BCUT2D eigenvalue weighted by Crippen LogP contribution is -3.11. The van der Waals surface area contributed by atoms with E-state index in [-0.39, 0.29) is 35.7 Å². The molecule has 210 valence electrons. The van der Waals surface area contributed by atoms with E-state index in [9.17, 15) is 55.2 Å². The fraction of sp³-hybridized carbons (Fsp3) is 0.375. The van der Waals surface area contributed by atoms with Gasteiger partial charge < -0.3 is 60.4 Å². The first-order valence-electron chi connectivity index (χ1n) is 11.7. The van der Waals surface area contributed by atoms with E-state index >= 15 is 0 Å². The molecule has 9 N–H and O–H groups in total. The van der Waals surface area contributed by atoms with Gasteiger partial charge in [0.2, 0.25) is 6.29 Å². The number of hydrogen-bond acceptors (Lipinski definition) is 12. The molecule has 7 atom stereocenters. The van der Waals surface area contributed by atoms with Gasteiger partial charge in [-0.1, -0.05) is 0 Å². The Morgan fingerprint density at radius 3 is 2.28 bits per heavy atom. The molecule has 4 rings (SSSR count). The van der Waals surface area contributed by atoms with Gasteiger partial charge in [0.25, 0.3) is 0 Å². The number of quaternary nitrogens is 1. The summed E-state index contributed by atoms with van der Waals surface area (Å²) in [6.45, 7) is -0.745. The first-order valence-corrected chi connectivity index (χ1v) is 11.7. The number of nitrogens with one attached hydrogen (secondary N) is 2. The van der Waals surface area contributed by atoms with Crippen molar-refractivity contribution >= 4 is 23.6 Å². The summed E-state index contributed by atoms with van der Waals surface area (Å²) < 4.78 is 10.8. The van der Waals surface area contributed by atoms with Gasteiger partial charge in [-0.25, -0.2) is 9.59 Å². The van der Waals surface area contributed by atoms with Crippen molar-refractivity contribution in [1.29, 1.82) is 0 Å². The van der Waals surface area contributed by atoms with Crippen LogP contribution in [0.1, 0.15) is 5.56 Å². The van der Waals surface area contributed by atoms with Crippen molar-refractivity contribution in [3.63, 3.8) is 0 Å². The molecular weight excluding hydrogens is 524 g/mol. The molecule has 3 heterocycles. The van der Waals surface area contributed by atoms with Crippen LogP contribution in [0.5, 0.6) is 11.5 Å². The van der Waals surface area contributed by atoms with E-state index in [0.29, 0.717) is 16.2 Å². The third kappa shape index (κ3) is 5.58. The number of phenolic OH excluding ortho intramolecular Hbond substituents is 1. The second kappa shape index (κ2) is 11.0. The second-order valence-electron chi connectivity index (χ2n) is 9.15. The van der Waals surface area contributed by atoms with Crippen LogP contribution in [0, 0.1) is 0 Å². The van der Waals surface area contributed by atoms with Gasteiger partial charge in [-0.3, -0.25) is 4.90 Å². The van der Waals surface area contributed by atoms with Gasteiger partial charge in [0, 0.05) is 18.1 Å². The highest BCUT2D eigenvalue weighted by Crippen LogP contribution is 2.36. The first-order chi connectivity index (χ1) is 18.4. The smallest absolute Gasteiger partial charge is 0.352 e. The van der Waals surface area contributed by atoms with E-state index in [4.69, 9.17) is 9.47 Å². The lowest BCUT2D eigenvalue weighted by atomic mass is 9.99. The molecule has 39 heavy (non-hydrogen) atoms. The van der Waals surface area contributed by atoms with E-state index < -0.39 is 67.0 Å². The molecule has 0 saturated carbocycles. The second-order valence-corrected chi connectivity index (χ2v) is 9.15. The summed E-state index contributed by atoms with van der Waals surface area (Å²) in [6, 6.07) is 1.41. The van der Waals surface area contributed by atoms with Crippen LogP contribution in [-0.2, 0) is 25.5 Å². The molecule has 0 amide bonds. The number of ether oxygens (including phenoxy) is 2. The van der Waals surface area contributed by atoms with Gasteiger partial charge >= 0.3 is 11.9 Å². The Bertz CT molecular complexity index is 1240. The van der Waals surface area contributed by atoms with Gasteiger partial charge in [-0.05, 0) is 29.9 Å². The van der Waals surface area contributed by atoms with E-state index in [2.05, 4.69) is 5.32 Å². The fourth-order valence-corrected chi connectivity index (χ4v) is 4.64. The minimum Gasteiger partial charge on any atom is -0.544 e. The molecule has 1 aromatic rings. The van der Waals surface area contributed by atoms with Crippen molar-refractivity contribution < 1.29 is 69.6 Å². The first kappa shape index (κ1) is 28.0. The third-order valence-corrected chi connectivity index (χ3v) is 6.66. The zero-order valence-electron chi connectivity index (χ0n) is 20.1. The lowest BCUT2D eigenvalue weighted by molar-refractivity contribution is -0.840. The van der Waals surface area contributed by atoms with Gasteiger partial charge in [-0.15, -0.1) is 0 Å². The summed E-state index contributed by atoms with van der Waals surface area (Å²) in [5.41, 5.74) is 0.194. The average molecular weight is 550 g/mol. The highest BCUT2D eigenvalue weighted by Gasteiger charge is 2.45. The molecule has 0 spiro atoms. The van der Waals surface area contributed by atoms with Crippen molar-refractivity contribution in [2.75, 3.05) is 13.2 Å². The monoisotopic (exact) mass is 550 g/mol. The molecule has 0 aromatic heterocycles. The van der Waals surface area contributed by atoms with Crippen molar-refractivity contribution in [2.45, 2.75) is 43.2 Å². The summed E-state index contributed by atoms with van der Waals surface area (Å²) in [5, 5.41) is 82.8. The van der Waals surface area contributed by atoms with E-state index in [0.717, 1.165) is 0 Å². The van der Waals surface area contributed by atoms with Crippen molar-refractivity contribution in [1.82, 2.24) is 5.32 Å². The van der Waals surface area contributed by atoms with Crippen molar-refractivity contribution in [3.8, 4) is 11.5 Å². The summed E-state index contributed by atoms with van der Waals surface area (Å²) in [6.07, 6.45) is -4.13. The predicted molar refractivity (Wildman–Crippen MR) is 123 cm³/mol. The predicted octanol–water partition coefficient (Wildman–Crippen LogP) is -4.77. The number of benzene rings is 1. The number of aromatic hydroxyl groups is 1. The summed E-state index contributed by atoms with van der Waals surface area (Å²) in [5.74, 6) is -4.90. The maximum absolute atomic E-state index is 11.9. The Morgan fingerprint density at radius 1 is 1.08 bits per heavy atom. The summed E-state index contributed by atoms with van der Waals surface area (Å²) in [4.78, 5) is 34.9. The Labute approximate surface area is 219 Å². The van der Waals surface area contributed by atoms with Crippen LogP contribution in [-0.4, -0.2) is 104 Å². The number of aliphatic hydroxyl groups is 4. The Kier molecular flexibility index (Phi) is 7.91. The Balaban J connectivity index is 1.61. The van der Waals surface area contributed by atoms with E-state index in [1.807, 2.05) is 0 Å². The fourth-order valence-electron chi connectivity index (χ4n) is 4.64.